The summed E-state index contributed by atoms with van der Waals surface area (Å²) in [6.45, 7) is 4.47. The molecule has 0 saturated carbocycles. The van der Waals surface area contributed by atoms with E-state index in [1.54, 1.807) is 21.9 Å². The zero-order chi connectivity index (χ0) is 21.1. The molecule has 0 bridgehead atoms. The topological polar surface area (TPSA) is 101 Å². The number of rotatable bonds is 7. The van der Waals surface area contributed by atoms with Crippen LogP contribution in [-0.2, 0) is 14.4 Å². The predicted molar refractivity (Wildman–Crippen MR) is 108 cm³/mol. The maximum absolute atomic E-state index is 11.5. The van der Waals surface area contributed by atoms with Crippen molar-refractivity contribution in [3.63, 3.8) is 0 Å². The summed E-state index contributed by atoms with van der Waals surface area (Å²) in [7, 11) is 0. The summed E-state index contributed by atoms with van der Waals surface area (Å²) >= 11 is 0. The fraction of sp³-hybridized carbons (Fsp3) is 0.500. The lowest BCUT2D eigenvalue weighted by atomic mass is 10.2. The Morgan fingerprint density at radius 3 is 2.07 bits per heavy atom. The average Bonchev–Trinajstić information content (AvgIpc) is 2.72. The Balaban J connectivity index is 2.15. The number of nitrogens with zero attached hydrogens (tertiary/aromatic N) is 4. The van der Waals surface area contributed by atoms with Crippen LogP contribution in [-0.4, -0.2) is 110 Å². The molecule has 1 heterocycles. The number of carboxylic acids is 1. The molecule has 0 radical (unpaired) electrons. The number of anilines is 1. The Hall–Kier alpha value is -2.78. The minimum Gasteiger partial charge on any atom is -0.480 e. The Kier molecular flexibility index (Phi) is 9.26. The molecule has 1 aliphatic heterocycles. The highest BCUT2D eigenvalue weighted by Crippen LogP contribution is 2.15. The molecule has 9 heteroatoms. The maximum Gasteiger partial charge on any atom is 0.317 e. The summed E-state index contributed by atoms with van der Waals surface area (Å²) in [5, 5.41) is 9.12. The van der Waals surface area contributed by atoms with Gasteiger partial charge in [-0.15, -0.1) is 0 Å². The summed E-state index contributed by atoms with van der Waals surface area (Å²) in [6.07, 6.45) is 2.44. The van der Waals surface area contributed by atoms with E-state index in [1.165, 1.54) is 0 Å². The van der Waals surface area contributed by atoms with Crippen LogP contribution in [0.15, 0.2) is 24.3 Å². The highest BCUT2D eigenvalue weighted by molar-refractivity contribution is 5.75. The van der Waals surface area contributed by atoms with Crippen LogP contribution < -0.4 is 4.90 Å². The second kappa shape index (κ2) is 11.9. The van der Waals surface area contributed by atoms with Gasteiger partial charge >= 0.3 is 5.97 Å². The molecule has 1 saturated heterocycles. The second-order valence-electron chi connectivity index (χ2n) is 6.97. The van der Waals surface area contributed by atoms with E-state index < -0.39 is 5.97 Å². The van der Waals surface area contributed by atoms with E-state index in [4.69, 9.17) is 5.11 Å². The summed E-state index contributed by atoms with van der Waals surface area (Å²) in [5.41, 5.74) is 1.54. The van der Waals surface area contributed by atoms with Crippen molar-refractivity contribution in [1.29, 1.82) is 0 Å². The minimum atomic E-state index is -0.915. The van der Waals surface area contributed by atoms with Crippen LogP contribution in [0.3, 0.4) is 0 Å². The largest absolute Gasteiger partial charge is 0.480 e. The number of aliphatic carboxylic acids is 1. The number of hydrogen-bond donors (Lipinski definition) is 1. The van der Waals surface area contributed by atoms with Gasteiger partial charge in [-0.2, -0.15) is 0 Å². The highest BCUT2D eigenvalue weighted by atomic mass is 16.4. The molecule has 2 rings (SSSR count). The monoisotopic (exact) mass is 404 g/mol. The van der Waals surface area contributed by atoms with Crippen molar-refractivity contribution in [1.82, 2.24) is 14.7 Å². The number of benzene rings is 1. The molecule has 1 aromatic carbocycles. The second-order valence-corrected chi connectivity index (χ2v) is 6.97. The van der Waals surface area contributed by atoms with Crippen LogP contribution in [0.25, 0.3) is 0 Å². The molecule has 0 aromatic heterocycles. The van der Waals surface area contributed by atoms with Gasteiger partial charge in [0.15, 0.2) is 0 Å². The van der Waals surface area contributed by atoms with Crippen molar-refractivity contribution in [3.05, 3.63) is 29.8 Å². The lowest BCUT2D eigenvalue weighted by Crippen LogP contribution is -2.47. The summed E-state index contributed by atoms with van der Waals surface area (Å²) in [4.78, 5) is 52.1. The minimum absolute atomic E-state index is 0.100. The van der Waals surface area contributed by atoms with Crippen LogP contribution in [0.2, 0.25) is 0 Å². The first-order valence-corrected chi connectivity index (χ1v) is 9.65. The number of hydrogen-bond acceptors (Lipinski definition) is 7. The zero-order valence-electron chi connectivity index (χ0n) is 16.5. The summed E-state index contributed by atoms with van der Waals surface area (Å²) in [5.74, 6) is -0.915. The van der Waals surface area contributed by atoms with Crippen LogP contribution in [0.4, 0.5) is 5.69 Å². The molecule has 0 atom stereocenters. The van der Waals surface area contributed by atoms with Crippen molar-refractivity contribution in [2.75, 3.05) is 70.3 Å². The molecule has 0 aliphatic carbocycles. The van der Waals surface area contributed by atoms with Gasteiger partial charge in [0.2, 0.25) is 6.41 Å². The number of carbonyl (C=O) groups excluding carboxylic acids is 3. The van der Waals surface area contributed by atoms with Crippen molar-refractivity contribution < 1.29 is 24.3 Å². The third-order valence-corrected chi connectivity index (χ3v) is 5.01. The normalized spacial score (nSPS) is 17.8. The van der Waals surface area contributed by atoms with Gasteiger partial charge in [0.05, 0.1) is 13.1 Å². The first kappa shape index (κ1) is 22.5. The molecule has 1 amide bonds. The van der Waals surface area contributed by atoms with Crippen molar-refractivity contribution >= 4 is 30.6 Å². The first-order valence-electron chi connectivity index (χ1n) is 9.65. The van der Waals surface area contributed by atoms with Gasteiger partial charge in [0.1, 0.15) is 12.6 Å². The van der Waals surface area contributed by atoms with Gasteiger partial charge in [-0.05, 0) is 24.3 Å². The summed E-state index contributed by atoms with van der Waals surface area (Å²) < 4.78 is 0. The molecule has 1 N–H and O–H groups in total. The van der Waals surface area contributed by atoms with Gasteiger partial charge in [0, 0.05) is 63.6 Å². The van der Waals surface area contributed by atoms with E-state index in [-0.39, 0.29) is 13.1 Å². The number of aldehydes is 2. The fourth-order valence-electron chi connectivity index (χ4n) is 3.28. The summed E-state index contributed by atoms with van der Waals surface area (Å²) in [6, 6.07) is 7.25. The van der Waals surface area contributed by atoms with Crippen LogP contribution in [0.5, 0.6) is 0 Å². The van der Waals surface area contributed by atoms with E-state index in [0.717, 1.165) is 24.7 Å². The number of amides is 1. The Morgan fingerprint density at radius 2 is 1.45 bits per heavy atom. The van der Waals surface area contributed by atoms with Gasteiger partial charge in [-0.1, -0.05) is 0 Å². The SMILES string of the molecule is O=CCN1CCN(CC(=O)O)CCN(C=O)CCN(c2ccc(C=O)cc2)CC1. The fourth-order valence-corrected chi connectivity index (χ4v) is 3.28. The van der Waals surface area contributed by atoms with Crippen LogP contribution in [0.1, 0.15) is 10.4 Å². The molecule has 0 unspecified atom stereocenters. The first-order chi connectivity index (χ1) is 14.0. The third kappa shape index (κ3) is 7.63. The molecule has 1 fully saturated rings. The van der Waals surface area contributed by atoms with Crippen molar-refractivity contribution in [2.45, 2.75) is 0 Å². The number of carbonyl (C=O) groups is 4. The molecule has 1 aliphatic rings. The van der Waals surface area contributed by atoms with Gasteiger partial charge < -0.3 is 19.7 Å². The van der Waals surface area contributed by atoms with E-state index >= 15 is 0 Å². The molecular formula is C20H28N4O5. The Morgan fingerprint density at radius 1 is 0.862 bits per heavy atom. The van der Waals surface area contributed by atoms with Crippen molar-refractivity contribution in [3.8, 4) is 0 Å². The van der Waals surface area contributed by atoms with Crippen molar-refractivity contribution in [2.24, 2.45) is 0 Å². The zero-order valence-corrected chi connectivity index (χ0v) is 16.5. The molecule has 29 heavy (non-hydrogen) atoms. The van der Waals surface area contributed by atoms with E-state index in [0.29, 0.717) is 57.9 Å². The third-order valence-electron chi connectivity index (χ3n) is 5.01. The highest BCUT2D eigenvalue weighted by Gasteiger charge is 2.17. The lowest BCUT2D eigenvalue weighted by Gasteiger charge is -2.33. The maximum atomic E-state index is 11.5. The smallest absolute Gasteiger partial charge is 0.317 e. The molecule has 0 spiro atoms. The Bertz CT molecular complexity index is 682. The molecular weight excluding hydrogens is 376 g/mol. The van der Waals surface area contributed by atoms with E-state index in [1.807, 2.05) is 17.0 Å². The standard InChI is InChI=1S/C20H28N4O5/c25-14-13-21-5-6-22(15-20(28)29)7-8-23(17-27)10-12-24(11-9-21)19-3-1-18(16-26)2-4-19/h1-4,14,16-17H,5-13,15H2,(H,28,29). The van der Waals surface area contributed by atoms with Crippen LogP contribution >= 0.6 is 0 Å². The number of carboxylic acid groups (broad SMARTS) is 1. The van der Waals surface area contributed by atoms with Gasteiger partial charge in [-0.25, -0.2) is 0 Å². The molecule has 158 valence electrons. The van der Waals surface area contributed by atoms with Crippen LogP contribution in [0, 0.1) is 0 Å². The van der Waals surface area contributed by atoms with Gasteiger partial charge in [-0.3, -0.25) is 24.2 Å². The van der Waals surface area contributed by atoms with Gasteiger partial charge in [0.25, 0.3) is 0 Å². The van der Waals surface area contributed by atoms with E-state index in [2.05, 4.69) is 4.90 Å². The van der Waals surface area contributed by atoms with E-state index in [9.17, 15) is 19.2 Å². The average molecular weight is 404 g/mol. The molecule has 1 aromatic rings. The predicted octanol–water partition coefficient (Wildman–Crippen LogP) is -0.335. The molecule has 9 nitrogen and oxygen atoms in total. The Labute approximate surface area is 170 Å². The lowest BCUT2D eigenvalue weighted by molar-refractivity contribution is -0.138. The quantitative estimate of drug-likeness (QED) is 0.617.